The Kier molecular flexibility index (Phi) is 5.94. The molecule has 1 aromatic heterocycles. The lowest BCUT2D eigenvalue weighted by molar-refractivity contribution is 0.544. The molecule has 80 valence electrons. The maximum atomic E-state index is 5.85. The van der Waals surface area contributed by atoms with Crippen molar-refractivity contribution >= 4 is 34.7 Å². The molecule has 1 atom stereocenters. The smallest absolute Gasteiger partial charge is 0.0516 e. The fourth-order valence-electron chi connectivity index (χ4n) is 1.21. The minimum Gasteiger partial charge on any atom is -0.308 e. The maximum Gasteiger partial charge on any atom is 0.0516 e. The highest BCUT2D eigenvalue weighted by Gasteiger charge is 2.05. The summed E-state index contributed by atoms with van der Waals surface area (Å²) in [5.74, 6) is 1.18. The van der Waals surface area contributed by atoms with Crippen LogP contribution in [-0.2, 0) is 6.54 Å². The van der Waals surface area contributed by atoms with Gasteiger partial charge in [0.2, 0.25) is 0 Å². The molecule has 0 aliphatic rings. The molecule has 1 aromatic rings. The molecule has 0 spiro atoms. The fraction of sp³-hybridized carbons (Fsp3) is 0.600. The number of hydrogen-bond donors (Lipinski definition) is 1. The largest absolute Gasteiger partial charge is 0.308 e. The first-order valence-corrected chi connectivity index (χ1v) is 7.36. The molecular formula is C10H16ClNS2. The van der Waals surface area contributed by atoms with Gasteiger partial charge in [-0.1, -0.05) is 18.5 Å². The molecule has 0 aliphatic heterocycles. The van der Waals surface area contributed by atoms with E-state index < -0.39 is 0 Å². The summed E-state index contributed by atoms with van der Waals surface area (Å²) in [6.07, 6.45) is 3.33. The molecule has 0 saturated heterocycles. The third-order valence-electron chi connectivity index (χ3n) is 2.05. The van der Waals surface area contributed by atoms with Crippen LogP contribution >= 0.6 is 34.7 Å². The number of thioether (sulfide) groups is 1. The van der Waals surface area contributed by atoms with Crippen LogP contribution in [0.2, 0.25) is 5.02 Å². The molecule has 0 fully saturated rings. The summed E-state index contributed by atoms with van der Waals surface area (Å²) in [5, 5.41) is 6.36. The van der Waals surface area contributed by atoms with E-state index in [4.69, 9.17) is 11.6 Å². The predicted molar refractivity (Wildman–Crippen MR) is 68.6 cm³/mol. The Morgan fingerprint density at radius 1 is 1.64 bits per heavy atom. The third kappa shape index (κ3) is 4.22. The molecule has 0 aromatic carbocycles. The molecule has 1 rings (SSSR count). The molecule has 0 amide bonds. The van der Waals surface area contributed by atoms with Crippen molar-refractivity contribution in [2.75, 3.05) is 12.0 Å². The molecule has 1 unspecified atom stereocenters. The van der Waals surface area contributed by atoms with Gasteiger partial charge in [0.15, 0.2) is 0 Å². The van der Waals surface area contributed by atoms with Gasteiger partial charge in [-0.05, 0) is 18.7 Å². The second-order valence-electron chi connectivity index (χ2n) is 3.17. The molecule has 0 saturated carbocycles. The number of nitrogens with one attached hydrogen (secondary N) is 1. The summed E-state index contributed by atoms with van der Waals surface area (Å²) in [7, 11) is 0. The van der Waals surface area contributed by atoms with Crippen LogP contribution in [-0.4, -0.2) is 18.1 Å². The van der Waals surface area contributed by atoms with Gasteiger partial charge in [-0.3, -0.25) is 0 Å². The minimum atomic E-state index is 0.617. The lowest BCUT2D eigenvalue weighted by atomic mass is 10.2. The van der Waals surface area contributed by atoms with Crippen molar-refractivity contribution in [1.82, 2.24) is 5.32 Å². The van der Waals surface area contributed by atoms with Crippen LogP contribution in [0.5, 0.6) is 0 Å². The summed E-state index contributed by atoms with van der Waals surface area (Å²) >= 11 is 9.46. The molecule has 0 bridgehead atoms. The van der Waals surface area contributed by atoms with Gasteiger partial charge >= 0.3 is 0 Å². The van der Waals surface area contributed by atoms with Crippen molar-refractivity contribution in [1.29, 1.82) is 0 Å². The highest BCUT2D eigenvalue weighted by Crippen LogP contribution is 2.19. The molecule has 0 aliphatic carbocycles. The topological polar surface area (TPSA) is 12.0 Å². The van der Waals surface area contributed by atoms with Gasteiger partial charge in [0.1, 0.15) is 0 Å². The van der Waals surface area contributed by atoms with E-state index in [0.29, 0.717) is 6.04 Å². The van der Waals surface area contributed by atoms with Crippen molar-refractivity contribution < 1.29 is 0 Å². The van der Waals surface area contributed by atoms with Gasteiger partial charge in [0.25, 0.3) is 0 Å². The van der Waals surface area contributed by atoms with Crippen LogP contribution in [0, 0.1) is 0 Å². The van der Waals surface area contributed by atoms with Crippen molar-refractivity contribution in [3.05, 3.63) is 21.3 Å². The van der Waals surface area contributed by atoms with E-state index in [-0.39, 0.29) is 0 Å². The van der Waals surface area contributed by atoms with Crippen LogP contribution in [0.3, 0.4) is 0 Å². The number of halogens is 1. The number of thiophene rings is 1. The summed E-state index contributed by atoms with van der Waals surface area (Å²) in [4.78, 5) is 1.31. The average Bonchev–Trinajstić information content (AvgIpc) is 2.59. The van der Waals surface area contributed by atoms with Crippen LogP contribution in [0.4, 0.5) is 0 Å². The quantitative estimate of drug-likeness (QED) is 0.826. The van der Waals surface area contributed by atoms with E-state index in [1.54, 1.807) is 11.3 Å². The second-order valence-corrected chi connectivity index (χ2v) is 5.52. The first-order chi connectivity index (χ1) is 6.76. The number of rotatable bonds is 6. The molecule has 14 heavy (non-hydrogen) atoms. The van der Waals surface area contributed by atoms with Crippen LogP contribution < -0.4 is 5.32 Å². The zero-order valence-electron chi connectivity index (χ0n) is 8.55. The minimum absolute atomic E-state index is 0.617. The van der Waals surface area contributed by atoms with Gasteiger partial charge < -0.3 is 5.32 Å². The maximum absolute atomic E-state index is 5.85. The summed E-state index contributed by atoms with van der Waals surface area (Å²) < 4.78 is 0. The van der Waals surface area contributed by atoms with E-state index in [9.17, 15) is 0 Å². The average molecular weight is 250 g/mol. The molecule has 0 radical (unpaired) electrons. The molecule has 4 heteroatoms. The Bertz CT molecular complexity index is 262. The van der Waals surface area contributed by atoms with E-state index in [0.717, 1.165) is 11.6 Å². The zero-order valence-corrected chi connectivity index (χ0v) is 10.9. The SMILES string of the molecule is CCC(CSC)NCc1cc(Cl)cs1. The molecule has 1 N–H and O–H groups in total. The Morgan fingerprint density at radius 3 is 2.93 bits per heavy atom. The Morgan fingerprint density at radius 2 is 2.43 bits per heavy atom. The van der Waals surface area contributed by atoms with Crippen LogP contribution in [0.1, 0.15) is 18.2 Å². The Labute approximate surface area is 99.2 Å². The van der Waals surface area contributed by atoms with Crippen molar-refractivity contribution in [3.8, 4) is 0 Å². The lowest BCUT2D eigenvalue weighted by Crippen LogP contribution is -2.29. The van der Waals surface area contributed by atoms with E-state index >= 15 is 0 Å². The van der Waals surface area contributed by atoms with E-state index in [1.807, 2.05) is 23.2 Å². The summed E-state index contributed by atoms with van der Waals surface area (Å²) in [6.45, 7) is 3.16. The zero-order chi connectivity index (χ0) is 10.4. The lowest BCUT2D eigenvalue weighted by Gasteiger charge is -2.14. The van der Waals surface area contributed by atoms with Crippen LogP contribution in [0.15, 0.2) is 11.4 Å². The van der Waals surface area contributed by atoms with E-state index in [1.165, 1.54) is 17.1 Å². The predicted octanol–water partition coefficient (Wildman–Crippen LogP) is 3.63. The molecule has 1 nitrogen and oxygen atoms in total. The van der Waals surface area contributed by atoms with Crippen molar-refractivity contribution in [3.63, 3.8) is 0 Å². The summed E-state index contributed by atoms with van der Waals surface area (Å²) in [5.41, 5.74) is 0. The number of hydrogen-bond acceptors (Lipinski definition) is 3. The van der Waals surface area contributed by atoms with E-state index in [2.05, 4.69) is 18.5 Å². The molecular weight excluding hydrogens is 234 g/mol. The third-order valence-corrected chi connectivity index (χ3v) is 4.07. The first kappa shape index (κ1) is 12.4. The van der Waals surface area contributed by atoms with Gasteiger partial charge in [-0.15, -0.1) is 11.3 Å². The fourth-order valence-corrected chi connectivity index (χ4v) is 2.99. The van der Waals surface area contributed by atoms with Crippen molar-refractivity contribution in [2.45, 2.75) is 25.9 Å². The first-order valence-electron chi connectivity index (χ1n) is 4.71. The summed E-state index contributed by atoms with van der Waals surface area (Å²) in [6, 6.07) is 2.65. The standard InChI is InChI=1S/C10H16ClNS2/c1-3-9(7-13-2)12-5-10-4-8(11)6-14-10/h4,6,9,12H,3,5,7H2,1-2H3. The van der Waals surface area contributed by atoms with Crippen LogP contribution in [0.25, 0.3) is 0 Å². The van der Waals surface area contributed by atoms with Gasteiger partial charge in [0.05, 0.1) is 5.02 Å². The van der Waals surface area contributed by atoms with Gasteiger partial charge in [-0.25, -0.2) is 0 Å². The van der Waals surface area contributed by atoms with Crippen molar-refractivity contribution in [2.24, 2.45) is 0 Å². The molecule has 1 heterocycles. The monoisotopic (exact) mass is 249 g/mol. The van der Waals surface area contributed by atoms with Gasteiger partial charge in [0, 0.05) is 28.6 Å². The second kappa shape index (κ2) is 6.72. The highest BCUT2D eigenvalue weighted by molar-refractivity contribution is 7.98. The highest BCUT2D eigenvalue weighted by atomic mass is 35.5. The van der Waals surface area contributed by atoms with Gasteiger partial charge in [-0.2, -0.15) is 11.8 Å². The normalized spacial score (nSPS) is 13.1. The Hall–Kier alpha value is 0.300. The Balaban J connectivity index is 2.31.